The quantitative estimate of drug-likeness (QED) is 0.927. The molecule has 112 valence electrons. The highest BCUT2D eigenvalue weighted by atomic mass is 35.5. The largest absolute Gasteiger partial charge is 0.497 e. The van der Waals surface area contributed by atoms with Gasteiger partial charge in [0, 0.05) is 13.6 Å². The summed E-state index contributed by atoms with van der Waals surface area (Å²) < 4.78 is 5.13. The molecule has 0 bridgehead atoms. The first-order valence-electron chi connectivity index (χ1n) is 6.82. The number of nitrogens with one attached hydrogen (secondary N) is 1. The van der Waals surface area contributed by atoms with Crippen molar-refractivity contribution in [1.82, 2.24) is 10.2 Å². The Hall–Kier alpha value is -1.26. The van der Waals surface area contributed by atoms with E-state index in [4.69, 9.17) is 4.74 Å². The molecular weight excluding hydrogens is 276 g/mol. The summed E-state index contributed by atoms with van der Waals surface area (Å²) >= 11 is 0. The summed E-state index contributed by atoms with van der Waals surface area (Å²) in [5, 5.41) is 3.29. The van der Waals surface area contributed by atoms with Gasteiger partial charge >= 0.3 is 0 Å². The average Bonchev–Trinajstić information content (AvgIpc) is 2.48. The molecule has 0 spiro atoms. The number of benzene rings is 1. The van der Waals surface area contributed by atoms with Crippen LogP contribution in [0.2, 0.25) is 0 Å². The van der Waals surface area contributed by atoms with Gasteiger partial charge in [-0.25, -0.2) is 0 Å². The third kappa shape index (κ3) is 4.39. The number of hydrogen-bond acceptors (Lipinski definition) is 3. The molecule has 1 aliphatic heterocycles. The number of nitrogens with zero attached hydrogens (tertiary/aromatic N) is 1. The molecule has 1 N–H and O–H groups in total. The van der Waals surface area contributed by atoms with Crippen molar-refractivity contribution >= 4 is 18.3 Å². The summed E-state index contributed by atoms with van der Waals surface area (Å²) in [7, 11) is 3.52. The molecule has 1 heterocycles. The standard InChI is InChI=1S/C15H22N2O2.ClH/c1-17(15(18)14-5-3-4-10-16-14)11-12-6-8-13(19-2)9-7-12;/h6-9,14,16H,3-5,10-11H2,1-2H3;1H. The number of rotatable bonds is 4. The number of likely N-dealkylation sites (N-methyl/N-ethyl adjacent to an activating group) is 1. The van der Waals surface area contributed by atoms with Gasteiger partial charge in [-0.3, -0.25) is 4.79 Å². The van der Waals surface area contributed by atoms with Crippen molar-refractivity contribution in [2.75, 3.05) is 20.7 Å². The Morgan fingerprint density at radius 3 is 2.60 bits per heavy atom. The molecule has 1 aliphatic rings. The molecule has 2 rings (SSSR count). The van der Waals surface area contributed by atoms with Crippen LogP contribution >= 0.6 is 12.4 Å². The van der Waals surface area contributed by atoms with E-state index >= 15 is 0 Å². The van der Waals surface area contributed by atoms with Crippen molar-refractivity contribution in [2.24, 2.45) is 0 Å². The van der Waals surface area contributed by atoms with Crippen LogP contribution in [0, 0.1) is 0 Å². The third-order valence-electron chi connectivity index (χ3n) is 3.56. The fourth-order valence-corrected chi connectivity index (χ4v) is 2.41. The summed E-state index contributed by atoms with van der Waals surface area (Å²) in [5.74, 6) is 1.03. The Labute approximate surface area is 126 Å². The van der Waals surface area contributed by atoms with E-state index in [0.29, 0.717) is 6.54 Å². The van der Waals surface area contributed by atoms with Crippen LogP contribution in [0.5, 0.6) is 5.75 Å². The fraction of sp³-hybridized carbons (Fsp3) is 0.533. The lowest BCUT2D eigenvalue weighted by Crippen LogP contribution is -2.46. The van der Waals surface area contributed by atoms with Gasteiger partial charge in [0.05, 0.1) is 13.2 Å². The van der Waals surface area contributed by atoms with Gasteiger partial charge in [0.2, 0.25) is 5.91 Å². The lowest BCUT2D eigenvalue weighted by atomic mass is 10.0. The number of hydrogen-bond donors (Lipinski definition) is 1. The molecule has 4 nitrogen and oxygen atoms in total. The first-order chi connectivity index (χ1) is 9.20. The Morgan fingerprint density at radius 1 is 1.35 bits per heavy atom. The Morgan fingerprint density at radius 2 is 2.05 bits per heavy atom. The van der Waals surface area contributed by atoms with Crippen molar-refractivity contribution < 1.29 is 9.53 Å². The monoisotopic (exact) mass is 298 g/mol. The summed E-state index contributed by atoms with van der Waals surface area (Å²) in [5.41, 5.74) is 1.12. The predicted octanol–water partition coefficient (Wildman–Crippen LogP) is 2.22. The summed E-state index contributed by atoms with van der Waals surface area (Å²) in [6.07, 6.45) is 3.26. The van der Waals surface area contributed by atoms with E-state index in [1.165, 1.54) is 6.42 Å². The molecule has 1 saturated heterocycles. The van der Waals surface area contributed by atoms with Crippen molar-refractivity contribution in [3.05, 3.63) is 29.8 Å². The van der Waals surface area contributed by atoms with Crippen LogP contribution in [0.25, 0.3) is 0 Å². The first-order valence-corrected chi connectivity index (χ1v) is 6.82. The van der Waals surface area contributed by atoms with Crippen molar-refractivity contribution in [2.45, 2.75) is 31.8 Å². The Bertz CT molecular complexity index is 416. The molecule has 0 saturated carbocycles. The highest BCUT2D eigenvalue weighted by Crippen LogP contribution is 2.14. The van der Waals surface area contributed by atoms with Gasteiger partial charge in [-0.1, -0.05) is 18.6 Å². The number of amides is 1. The van der Waals surface area contributed by atoms with E-state index in [9.17, 15) is 4.79 Å². The maximum atomic E-state index is 12.3. The number of piperidine rings is 1. The van der Waals surface area contributed by atoms with Crippen molar-refractivity contribution in [1.29, 1.82) is 0 Å². The zero-order chi connectivity index (χ0) is 13.7. The van der Waals surface area contributed by atoms with E-state index in [1.54, 1.807) is 12.0 Å². The summed E-state index contributed by atoms with van der Waals surface area (Å²) in [6.45, 7) is 1.59. The summed E-state index contributed by atoms with van der Waals surface area (Å²) in [6, 6.07) is 7.84. The van der Waals surface area contributed by atoms with Gasteiger partial charge in [-0.05, 0) is 37.1 Å². The number of ether oxygens (including phenoxy) is 1. The van der Waals surface area contributed by atoms with Crippen LogP contribution < -0.4 is 10.1 Å². The minimum atomic E-state index is -0.00278. The second-order valence-corrected chi connectivity index (χ2v) is 5.04. The van der Waals surface area contributed by atoms with Crippen LogP contribution in [-0.2, 0) is 11.3 Å². The van der Waals surface area contributed by atoms with E-state index in [-0.39, 0.29) is 24.4 Å². The number of halogens is 1. The Kier molecular flexibility index (Phi) is 6.82. The first kappa shape index (κ1) is 16.8. The van der Waals surface area contributed by atoms with Gasteiger partial charge in [0.1, 0.15) is 5.75 Å². The molecule has 1 amide bonds. The molecule has 1 atom stereocenters. The molecule has 1 aromatic carbocycles. The molecule has 1 fully saturated rings. The van der Waals surface area contributed by atoms with E-state index < -0.39 is 0 Å². The zero-order valence-corrected chi connectivity index (χ0v) is 12.9. The second-order valence-electron chi connectivity index (χ2n) is 5.04. The van der Waals surface area contributed by atoms with Gasteiger partial charge in [-0.15, -0.1) is 12.4 Å². The van der Waals surface area contributed by atoms with Gasteiger partial charge < -0.3 is 15.0 Å². The molecule has 1 aromatic rings. The van der Waals surface area contributed by atoms with Crippen molar-refractivity contribution in [3.8, 4) is 5.75 Å². The minimum Gasteiger partial charge on any atom is -0.497 e. The molecule has 0 aromatic heterocycles. The lowest BCUT2D eigenvalue weighted by Gasteiger charge is -2.27. The van der Waals surface area contributed by atoms with Gasteiger partial charge in [0.15, 0.2) is 0 Å². The van der Waals surface area contributed by atoms with Crippen LogP contribution in [0.1, 0.15) is 24.8 Å². The molecule has 5 heteroatoms. The molecule has 1 unspecified atom stereocenters. The highest BCUT2D eigenvalue weighted by Gasteiger charge is 2.23. The maximum absolute atomic E-state index is 12.3. The van der Waals surface area contributed by atoms with Crippen LogP contribution in [0.15, 0.2) is 24.3 Å². The van der Waals surface area contributed by atoms with E-state index in [0.717, 1.165) is 30.7 Å². The average molecular weight is 299 g/mol. The fourth-order valence-electron chi connectivity index (χ4n) is 2.41. The summed E-state index contributed by atoms with van der Waals surface area (Å²) in [4.78, 5) is 14.1. The van der Waals surface area contributed by atoms with Crippen LogP contribution in [0.4, 0.5) is 0 Å². The molecule has 0 aliphatic carbocycles. The van der Waals surface area contributed by atoms with Gasteiger partial charge in [0.25, 0.3) is 0 Å². The predicted molar refractivity (Wildman–Crippen MR) is 82.4 cm³/mol. The second kappa shape index (κ2) is 8.12. The van der Waals surface area contributed by atoms with Gasteiger partial charge in [-0.2, -0.15) is 0 Å². The zero-order valence-electron chi connectivity index (χ0n) is 12.1. The number of methoxy groups -OCH3 is 1. The van der Waals surface area contributed by atoms with E-state index in [2.05, 4.69) is 5.32 Å². The molecule has 0 radical (unpaired) electrons. The topological polar surface area (TPSA) is 41.6 Å². The molecular formula is C15H23ClN2O2. The smallest absolute Gasteiger partial charge is 0.239 e. The molecule has 20 heavy (non-hydrogen) atoms. The minimum absolute atomic E-state index is 0. The highest BCUT2D eigenvalue weighted by molar-refractivity contribution is 5.85. The van der Waals surface area contributed by atoms with Crippen LogP contribution in [-0.4, -0.2) is 37.6 Å². The number of carbonyl (C=O) groups excluding carboxylic acids is 1. The lowest BCUT2D eigenvalue weighted by molar-refractivity contribution is -0.133. The van der Waals surface area contributed by atoms with Crippen LogP contribution in [0.3, 0.4) is 0 Å². The maximum Gasteiger partial charge on any atom is 0.239 e. The number of carbonyl (C=O) groups is 1. The van der Waals surface area contributed by atoms with E-state index in [1.807, 2.05) is 31.3 Å². The Balaban J connectivity index is 0.00000200. The SMILES string of the molecule is COc1ccc(CN(C)C(=O)C2CCCCN2)cc1.Cl. The normalized spacial score (nSPS) is 18.0. The third-order valence-corrected chi connectivity index (χ3v) is 3.56. The van der Waals surface area contributed by atoms with Crippen molar-refractivity contribution in [3.63, 3.8) is 0 Å².